The van der Waals surface area contributed by atoms with Crippen molar-refractivity contribution in [2.45, 2.75) is 33.7 Å². The van der Waals surface area contributed by atoms with Crippen molar-refractivity contribution in [1.82, 2.24) is 20.0 Å². The molecule has 0 unspecified atom stereocenters. The monoisotopic (exact) mass is 379 g/mol. The van der Waals surface area contributed by atoms with Crippen LogP contribution < -0.4 is 15.4 Å². The number of benzene rings is 1. The lowest BCUT2D eigenvalue weighted by molar-refractivity contribution is 0.336. The number of aryl methyl sites for hydroxylation is 1. The molecule has 0 saturated heterocycles. The van der Waals surface area contributed by atoms with Gasteiger partial charge in [0.15, 0.2) is 5.96 Å². The maximum absolute atomic E-state index is 5.69. The fraction of sp³-hybridized carbons (Fsp3) is 0.364. The molecule has 0 atom stereocenters. The molecule has 28 heavy (non-hydrogen) atoms. The molecule has 0 aliphatic heterocycles. The first kappa shape index (κ1) is 19.7. The fourth-order valence-electron chi connectivity index (χ4n) is 3.07. The molecule has 3 aromatic rings. The first-order valence-electron chi connectivity index (χ1n) is 9.87. The number of hydrogen-bond donors (Lipinski definition) is 2. The Bertz CT molecular complexity index is 932. The van der Waals surface area contributed by atoms with Crippen molar-refractivity contribution in [3.05, 3.63) is 65.6 Å². The van der Waals surface area contributed by atoms with E-state index in [0.29, 0.717) is 13.2 Å². The second-order valence-corrected chi connectivity index (χ2v) is 6.57. The number of nitrogens with one attached hydrogen (secondary N) is 2. The average molecular weight is 380 g/mol. The van der Waals surface area contributed by atoms with Crippen molar-refractivity contribution in [1.29, 1.82) is 0 Å². The van der Waals surface area contributed by atoms with Crippen LogP contribution in [0.1, 0.15) is 30.7 Å². The summed E-state index contributed by atoms with van der Waals surface area (Å²) in [6.07, 6.45) is 4.96. The molecule has 2 N–H and O–H groups in total. The van der Waals surface area contributed by atoms with E-state index in [1.165, 1.54) is 5.56 Å². The molecule has 0 amide bonds. The highest BCUT2D eigenvalue weighted by atomic mass is 16.5. The number of rotatable bonds is 8. The number of aliphatic imine (C=N–C) groups is 1. The van der Waals surface area contributed by atoms with Gasteiger partial charge in [-0.25, -0.2) is 9.98 Å². The molecular formula is C22H29N5O. The summed E-state index contributed by atoms with van der Waals surface area (Å²) in [6.45, 7) is 8.94. The highest BCUT2D eigenvalue weighted by Crippen LogP contribution is 2.18. The molecular weight excluding hydrogens is 350 g/mol. The fourth-order valence-corrected chi connectivity index (χ4v) is 3.07. The molecule has 0 aliphatic rings. The van der Waals surface area contributed by atoms with Gasteiger partial charge < -0.3 is 19.8 Å². The Morgan fingerprint density at radius 1 is 1.14 bits per heavy atom. The number of guanidine groups is 1. The molecule has 0 spiro atoms. The number of nitrogens with zero attached hydrogens (tertiary/aromatic N) is 3. The summed E-state index contributed by atoms with van der Waals surface area (Å²) >= 11 is 0. The van der Waals surface area contributed by atoms with Crippen molar-refractivity contribution in [2.75, 3.05) is 19.7 Å². The van der Waals surface area contributed by atoms with Crippen LogP contribution >= 0.6 is 0 Å². The molecule has 2 aromatic heterocycles. The molecule has 3 rings (SSSR count). The first-order valence-corrected chi connectivity index (χ1v) is 9.87. The zero-order chi connectivity index (χ0) is 19.8. The van der Waals surface area contributed by atoms with Crippen molar-refractivity contribution >= 4 is 11.6 Å². The summed E-state index contributed by atoms with van der Waals surface area (Å²) in [5.41, 5.74) is 4.35. The van der Waals surface area contributed by atoms with Crippen LogP contribution in [0, 0.1) is 6.92 Å². The Hall–Kier alpha value is -3.02. The number of ether oxygens (including phenoxy) is 1. The van der Waals surface area contributed by atoms with Crippen molar-refractivity contribution in [2.24, 2.45) is 4.99 Å². The van der Waals surface area contributed by atoms with E-state index >= 15 is 0 Å². The Morgan fingerprint density at radius 2 is 2.00 bits per heavy atom. The predicted molar refractivity (Wildman–Crippen MR) is 114 cm³/mol. The van der Waals surface area contributed by atoms with Crippen molar-refractivity contribution < 1.29 is 4.74 Å². The van der Waals surface area contributed by atoms with Crippen LogP contribution in [0.25, 0.3) is 5.65 Å². The van der Waals surface area contributed by atoms with Gasteiger partial charge in [-0.05, 0) is 38.5 Å². The third-order valence-electron chi connectivity index (χ3n) is 4.43. The lowest BCUT2D eigenvalue weighted by atomic mass is 10.2. The lowest BCUT2D eigenvalue weighted by Crippen LogP contribution is -2.38. The standard InChI is InChI=1S/C22H29N5O/c1-4-23-22(25-15-18-10-6-7-11-20(18)28-5-2)24-13-12-19-16-27-14-8-9-17(3)21(27)26-19/h6-11,14,16H,4-5,12-13,15H2,1-3H3,(H2,23,24,25). The van der Waals surface area contributed by atoms with E-state index < -0.39 is 0 Å². The zero-order valence-corrected chi connectivity index (χ0v) is 16.9. The van der Waals surface area contributed by atoms with E-state index in [9.17, 15) is 0 Å². The Morgan fingerprint density at radius 3 is 2.79 bits per heavy atom. The van der Waals surface area contributed by atoms with E-state index in [1.54, 1.807) is 0 Å². The van der Waals surface area contributed by atoms with Gasteiger partial charge in [0.2, 0.25) is 0 Å². The van der Waals surface area contributed by atoms with E-state index in [-0.39, 0.29) is 0 Å². The minimum absolute atomic E-state index is 0.569. The van der Waals surface area contributed by atoms with Gasteiger partial charge in [-0.1, -0.05) is 24.3 Å². The number of para-hydroxylation sites is 1. The maximum Gasteiger partial charge on any atom is 0.191 e. The SMILES string of the molecule is CCNC(=NCc1ccccc1OCC)NCCc1cn2cccc(C)c2n1. The quantitative estimate of drug-likeness (QED) is 0.465. The van der Waals surface area contributed by atoms with Gasteiger partial charge in [-0.15, -0.1) is 0 Å². The van der Waals surface area contributed by atoms with Gasteiger partial charge >= 0.3 is 0 Å². The molecule has 0 fully saturated rings. The van der Waals surface area contributed by atoms with Gasteiger partial charge in [-0.2, -0.15) is 0 Å². The van der Waals surface area contributed by atoms with Crippen molar-refractivity contribution in [3.8, 4) is 5.75 Å². The number of fused-ring (bicyclic) bond motifs is 1. The summed E-state index contributed by atoms with van der Waals surface area (Å²) in [5, 5.41) is 6.70. The van der Waals surface area contributed by atoms with E-state index in [2.05, 4.69) is 47.2 Å². The molecule has 0 aliphatic carbocycles. The van der Waals surface area contributed by atoms with Crippen LogP contribution in [0.15, 0.2) is 53.8 Å². The number of pyridine rings is 1. The normalized spacial score (nSPS) is 11.6. The second-order valence-electron chi connectivity index (χ2n) is 6.57. The summed E-state index contributed by atoms with van der Waals surface area (Å²) in [5.74, 6) is 1.69. The molecule has 6 nitrogen and oxygen atoms in total. The highest BCUT2D eigenvalue weighted by molar-refractivity contribution is 5.79. The largest absolute Gasteiger partial charge is 0.494 e. The molecule has 148 valence electrons. The van der Waals surface area contributed by atoms with Gasteiger partial charge in [0.1, 0.15) is 11.4 Å². The van der Waals surface area contributed by atoms with Crippen LogP contribution in [-0.4, -0.2) is 35.0 Å². The summed E-state index contributed by atoms with van der Waals surface area (Å²) in [6, 6.07) is 12.2. The number of aromatic nitrogens is 2. The number of imidazole rings is 1. The third-order valence-corrected chi connectivity index (χ3v) is 4.43. The maximum atomic E-state index is 5.69. The molecule has 0 bridgehead atoms. The molecule has 0 radical (unpaired) electrons. The van der Waals surface area contributed by atoms with E-state index in [1.807, 2.05) is 37.4 Å². The van der Waals surface area contributed by atoms with Gasteiger partial charge in [0.05, 0.1) is 18.8 Å². The molecule has 2 heterocycles. The summed E-state index contributed by atoms with van der Waals surface area (Å²) in [7, 11) is 0. The Labute approximate surface area is 166 Å². The Kier molecular flexibility index (Phi) is 6.89. The van der Waals surface area contributed by atoms with Gasteiger partial charge in [0.25, 0.3) is 0 Å². The zero-order valence-electron chi connectivity index (χ0n) is 16.9. The highest BCUT2D eigenvalue weighted by Gasteiger charge is 2.05. The van der Waals surface area contributed by atoms with Gasteiger partial charge in [0, 0.05) is 37.5 Å². The van der Waals surface area contributed by atoms with Crippen LogP contribution in [0.2, 0.25) is 0 Å². The number of hydrogen-bond acceptors (Lipinski definition) is 3. The van der Waals surface area contributed by atoms with Crippen LogP contribution in [-0.2, 0) is 13.0 Å². The van der Waals surface area contributed by atoms with Crippen LogP contribution in [0.4, 0.5) is 0 Å². The molecule has 0 saturated carbocycles. The van der Waals surface area contributed by atoms with Crippen LogP contribution in [0.5, 0.6) is 5.75 Å². The van der Waals surface area contributed by atoms with Crippen molar-refractivity contribution in [3.63, 3.8) is 0 Å². The van der Waals surface area contributed by atoms with Crippen LogP contribution in [0.3, 0.4) is 0 Å². The topological polar surface area (TPSA) is 63.0 Å². The van der Waals surface area contributed by atoms with E-state index in [0.717, 1.165) is 48.1 Å². The summed E-state index contributed by atoms with van der Waals surface area (Å²) < 4.78 is 7.76. The second kappa shape index (κ2) is 9.78. The lowest BCUT2D eigenvalue weighted by Gasteiger charge is -2.12. The summed E-state index contributed by atoms with van der Waals surface area (Å²) in [4.78, 5) is 9.43. The predicted octanol–water partition coefficient (Wildman–Crippen LogP) is 3.34. The minimum atomic E-state index is 0.569. The van der Waals surface area contributed by atoms with E-state index in [4.69, 9.17) is 14.7 Å². The molecule has 1 aromatic carbocycles. The third kappa shape index (κ3) is 5.03. The average Bonchev–Trinajstić information content (AvgIpc) is 3.12. The first-order chi connectivity index (χ1) is 13.7. The van der Waals surface area contributed by atoms with Gasteiger partial charge in [-0.3, -0.25) is 0 Å². The smallest absolute Gasteiger partial charge is 0.191 e. The Balaban J connectivity index is 1.61. The molecule has 6 heteroatoms. The minimum Gasteiger partial charge on any atom is -0.494 e.